The first-order valence-electron chi connectivity index (χ1n) is 9.05. The van der Waals surface area contributed by atoms with E-state index in [2.05, 4.69) is 10.1 Å². The van der Waals surface area contributed by atoms with Crippen molar-refractivity contribution in [1.82, 2.24) is 15.0 Å². The van der Waals surface area contributed by atoms with Crippen LogP contribution in [0.4, 0.5) is 0 Å². The lowest BCUT2D eigenvalue weighted by Crippen LogP contribution is -2.24. The van der Waals surface area contributed by atoms with Gasteiger partial charge in [0, 0.05) is 30.6 Å². The molecule has 4 rings (SSSR count). The van der Waals surface area contributed by atoms with Crippen LogP contribution in [0.25, 0.3) is 11.4 Å². The molecule has 7 heteroatoms. The summed E-state index contributed by atoms with van der Waals surface area (Å²) in [4.78, 5) is 18.8. The lowest BCUT2D eigenvalue weighted by Gasteiger charge is -2.17. The number of nitrogens with zero attached hydrogens (tertiary/aromatic N) is 3. The molecule has 1 aliphatic rings. The topological polar surface area (TPSA) is 77.7 Å². The molecule has 1 atom stereocenters. The van der Waals surface area contributed by atoms with Crippen molar-refractivity contribution >= 4 is 5.91 Å². The van der Waals surface area contributed by atoms with Crippen molar-refractivity contribution in [2.75, 3.05) is 20.8 Å². The van der Waals surface area contributed by atoms with Crippen molar-refractivity contribution in [3.05, 3.63) is 60.0 Å². The highest BCUT2D eigenvalue weighted by Crippen LogP contribution is 2.31. The lowest BCUT2D eigenvalue weighted by molar-refractivity contribution is -0.128. The van der Waals surface area contributed by atoms with Crippen molar-refractivity contribution in [3.8, 4) is 22.9 Å². The Bertz CT molecular complexity index is 985. The normalized spacial score (nSPS) is 16.4. The van der Waals surface area contributed by atoms with E-state index >= 15 is 0 Å². The molecule has 1 amide bonds. The number of amides is 1. The number of aromatic nitrogens is 2. The van der Waals surface area contributed by atoms with Crippen LogP contribution in [0.15, 0.2) is 53.1 Å². The Hall–Kier alpha value is -3.35. The molecule has 0 bridgehead atoms. The zero-order valence-corrected chi connectivity index (χ0v) is 15.8. The van der Waals surface area contributed by atoms with Gasteiger partial charge in [-0.2, -0.15) is 4.98 Å². The van der Waals surface area contributed by atoms with Crippen LogP contribution in [0.2, 0.25) is 0 Å². The van der Waals surface area contributed by atoms with Crippen LogP contribution >= 0.6 is 0 Å². The number of carbonyl (C=O) groups is 1. The molecule has 1 saturated heterocycles. The second kappa shape index (κ2) is 7.72. The molecule has 0 aliphatic carbocycles. The first-order valence-corrected chi connectivity index (χ1v) is 9.05. The van der Waals surface area contributed by atoms with Gasteiger partial charge in [-0.3, -0.25) is 4.79 Å². The summed E-state index contributed by atoms with van der Waals surface area (Å²) >= 11 is 0. The zero-order valence-electron chi connectivity index (χ0n) is 15.8. The largest absolute Gasteiger partial charge is 0.497 e. The highest BCUT2D eigenvalue weighted by molar-refractivity contribution is 5.79. The molecular formula is C21H21N3O4. The van der Waals surface area contributed by atoms with E-state index in [1.54, 1.807) is 19.1 Å². The standard InChI is InChI=1S/C21H21N3O4/c1-26-17-8-5-7-14(10-17)20-22-21(28-23-20)16-11-19(25)24(13-16)12-15-6-3-4-9-18(15)27-2/h3-10,16H,11-13H2,1-2H3. The van der Waals surface area contributed by atoms with Gasteiger partial charge in [-0.05, 0) is 18.2 Å². The number of likely N-dealkylation sites (tertiary alicyclic amines) is 1. The monoisotopic (exact) mass is 379 g/mol. The molecule has 0 saturated carbocycles. The Morgan fingerprint density at radius 1 is 1.14 bits per heavy atom. The fraction of sp³-hybridized carbons (Fsp3) is 0.286. The van der Waals surface area contributed by atoms with E-state index in [9.17, 15) is 4.79 Å². The Labute approximate surface area is 162 Å². The third-order valence-electron chi connectivity index (χ3n) is 4.89. The second-order valence-electron chi connectivity index (χ2n) is 6.68. The summed E-state index contributed by atoms with van der Waals surface area (Å²) in [5.74, 6) is 2.42. The number of benzene rings is 2. The number of hydrogen-bond acceptors (Lipinski definition) is 6. The van der Waals surface area contributed by atoms with Gasteiger partial charge in [0.25, 0.3) is 0 Å². The number of carbonyl (C=O) groups excluding carboxylic acids is 1. The van der Waals surface area contributed by atoms with Gasteiger partial charge in [-0.25, -0.2) is 0 Å². The van der Waals surface area contributed by atoms with E-state index < -0.39 is 0 Å². The summed E-state index contributed by atoms with van der Waals surface area (Å²) < 4.78 is 16.1. The first-order chi connectivity index (χ1) is 13.7. The molecule has 0 N–H and O–H groups in total. The van der Waals surface area contributed by atoms with Crippen LogP contribution in [-0.4, -0.2) is 41.7 Å². The molecule has 28 heavy (non-hydrogen) atoms. The molecule has 3 aromatic rings. The van der Waals surface area contributed by atoms with Crippen molar-refractivity contribution in [3.63, 3.8) is 0 Å². The van der Waals surface area contributed by atoms with Crippen LogP contribution in [0.5, 0.6) is 11.5 Å². The molecule has 2 heterocycles. The second-order valence-corrected chi connectivity index (χ2v) is 6.68. The summed E-state index contributed by atoms with van der Waals surface area (Å²) in [6, 6.07) is 15.2. The highest BCUT2D eigenvalue weighted by Gasteiger charge is 2.34. The fourth-order valence-corrected chi connectivity index (χ4v) is 3.41. The van der Waals surface area contributed by atoms with E-state index in [0.717, 1.165) is 22.6 Å². The van der Waals surface area contributed by atoms with Crippen LogP contribution < -0.4 is 9.47 Å². The maximum atomic E-state index is 12.5. The summed E-state index contributed by atoms with van der Waals surface area (Å²) in [5, 5.41) is 4.08. The average molecular weight is 379 g/mol. The minimum absolute atomic E-state index is 0.0667. The van der Waals surface area contributed by atoms with Gasteiger partial charge in [0.2, 0.25) is 17.6 Å². The van der Waals surface area contributed by atoms with Crippen LogP contribution in [0, 0.1) is 0 Å². The Kier molecular flexibility index (Phi) is 4.97. The summed E-state index contributed by atoms with van der Waals surface area (Å²) in [5.41, 5.74) is 1.78. The van der Waals surface area contributed by atoms with Crippen molar-refractivity contribution in [2.45, 2.75) is 18.9 Å². The molecule has 2 aromatic carbocycles. The van der Waals surface area contributed by atoms with Gasteiger partial charge in [0.05, 0.1) is 20.1 Å². The molecular weight excluding hydrogens is 358 g/mol. The number of ether oxygens (including phenoxy) is 2. The van der Waals surface area contributed by atoms with E-state index in [0.29, 0.717) is 31.2 Å². The maximum absolute atomic E-state index is 12.5. The van der Waals surface area contributed by atoms with E-state index in [-0.39, 0.29) is 11.8 Å². The first kappa shape index (κ1) is 18.0. The lowest BCUT2D eigenvalue weighted by atomic mass is 10.1. The van der Waals surface area contributed by atoms with Crippen molar-refractivity contribution < 1.29 is 18.8 Å². The zero-order chi connectivity index (χ0) is 19.5. The smallest absolute Gasteiger partial charge is 0.232 e. The van der Waals surface area contributed by atoms with Crippen molar-refractivity contribution in [2.24, 2.45) is 0 Å². The molecule has 1 fully saturated rings. The van der Waals surface area contributed by atoms with Gasteiger partial charge in [0.15, 0.2) is 0 Å². The number of hydrogen-bond donors (Lipinski definition) is 0. The van der Waals surface area contributed by atoms with Gasteiger partial charge < -0.3 is 18.9 Å². The Balaban J connectivity index is 1.49. The van der Waals surface area contributed by atoms with E-state index in [1.807, 2.05) is 48.5 Å². The molecule has 1 unspecified atom stereocenters. The summed E-state index contributed by atoms with van der Waals surface area (Å²) in [6.45, 7) is 1.03. The van der Waals surface area contributed by atoms with Gasteiger partial charge in [-0.1, -0.05) is 35.5 Å². The summed E-state index contributed by atoms with van der Waals surface area (Å²) in [7, 11) is 3.24. The molecule has 144 valence electrons. The predicted molar refractivity (Wildman–Crippen MR) is 102 cm³/mol. The quantitative estimate of drug-likeness (QED) is 0.654. The average Bonchev–Trinajstić information content (AvgIpc) is 3.36. The molecule has 1 aromatic heterocycles. The van der Waals surface area contributed by atoms with Crippen molar-refractivity contribution in [1.29, 1.82) is 0 Å². The van der Waals surface area contributed by atoms with E-state index in [1.165, 1.54) is 0 Å². The number of rotatable bonds is 6. The molecule has 0 radical (unpaired) electrons. The molecule has 7 nitrogen and oxygen atoms in total. The predicted octanol–water partition coefficient (Wildman–Crippen LogP) is 3.27. The molecule has 0 spiro atoms. The highest BCUT2D eigenvalue weighted by atomic mass is 16.5. The molecule has 1 aliphatic heterocycles. The third kappa shape index (κ3) is 3.55. The van der Waals surface area contributed by atoms with Gasteiger partial charge >= 0.3 is 0 Å². The van der Waals surface area contributed by atoms with Gasteiger partial charge in [-0.15, -0.1) is 0 Å². The van der Waals surface area contributed by atoms with E-state index in [4.69, 9.17) is 14.0 Å². The SMILES string of the molecule is COc1cccc(-c2noc(C3CC(=O)N(Cc4ccccc4OC)C3)n2)c1. The maximum Gasteiger partial charge on any atom is 0.232 e. The Morgan fingerprint density at radius 3 is 2.82 bits per heavy atom. The van der Waals surface area contributed by atoms with Crippen LogP contribution in [0.1, 0.15) is 23.8 Å². The number of methoxy groups -OCH3 is 2. The third-order valence-corrected chi connectivity index (χ3v) is 4.89. The minimum Gasteiger partial charge on any atom is -0.497 e. The Morgan fingerprint density at radius 2 is 2.00 bits per heavy atom. The fourth-order valence-electron chi connectivity index (χ4n) is 3.41. The summed E-state index contributed by atoms with van der Waals surface area (Å²) in [6.07, 6.45) is 0.356. The van der Waals surface area contributed by atoms with Crippen LogP contribution in [0.3, 0.4) is 0 Å². The number of para-hydroxylation sites is 1. The minimum atomic E-state index is -0.117. The van der Waals surface area contributed by atoms with Gasteiger partial charge in [0.1, 0.15) is 11.5 Å². The van der Waals surface area contributed by atoms with Crippen LogP contribution in [-0.2, 0) is 11.3 Å².